The number of methoxy groups -OCH3 is 1. The fourth-order valence-electron chi connectivity index (χ4n) is 5.40. The summed E-state index contributed by atoms with van der Waals surface area (Å²) in [5.74, 6) is -2.50. The topological polar surface area (TPSA) is 82.9 Å². The maximum Gasteiger partial charge on any atom is 0.275 e. The van der Waals surface area contributed by atoms with Gasteiger partial charge in [0.05, 0.1) is 7.11 Å². The Kier molecular flexibility index (Phi) is 7.98. The zero-order valence-corrected chi connectivity index (χ0v) is 22.3. The van der Waals surface area contributed by atoms with Gasteiger partial charge < -0.3 is 14.9 Å². The van der Waals surface area contributed by atoms with Crippen LogP contribution < -0.4 is 9.04 Å². The van der Waals surface area contributed by atoms with Crippen molar-refractivity contribution in [2.24, 2.45) is 11.8 Å². The maximum atomic E-state index is 14.9. The summed E-state index contributed by atoms with van der Waals surface area (Å²) in [4.78, 5) is 5.29. The molecule has 2 unspecified atom stereocenters. The fourth-order valence-corrected chi connectivity index (χ4v) is 6.76. The van der Waals surface area contributed by atoms with E-state index >= 15 is 0 Å². The molecule has 1 saturated carbocycles. The van der Waals surface area contributed by atoms with Gasteiger partial charge >= 0.3 is 0 Å². The van der Waals surface area contributed by atoms with Crippen LogP contribution in [-0.4, -0.2) is 45.3 Å². The number of pyridine rings is 1. The minimum Gasteiger partial charge on any atom is -0.493 e. The van der Waals surface area contributed by atoms with E-state index in [0.717, 1.165) is 30.4 Å². The van der Waals surface area contributed by atoms with Gasteiger partial charge in [0.2, 0.25) is 0 Å². The highest BCUT2D eigenvalue weighted by Crippen LogP contribution is 2.46. The Balaban J connectivity index is 1.44. The summed E-state index contributed by atoms with van der Waals surface area (Å²) < 4.78 is 51.2. The summed E-state index contributed by atoms with van der Waals surface area (Å²) in [5.41, 5.74) is 2.52. The molecule has 6 nitrogen and oxygen atoms in total. The number of ether oxygens (including phenoxy) is 1. The highest BCUT2D eigenvalue weighted by Gasteiger charge is 2.45. The van der Waals surface area contributed by atoms with E-state index < -0.39 is 29.1 Å². The van der Waals surface area contributed by atoms with Crippen molar-refractivity contribution >= 4 is 22.9 Å². The standard InChI is InChI=1S/C29H34F2N2O4S/c1-37-26-25-8-3-2-5-21(25)17-32-27(26)33(38(36)24-15-11-20(12-16-24)28(34)35)18-19-9-13-23(14-10-19)29(30,31)22-6-4-7-22/h2,5,9,11,13-15,17,19,22,28,34-35H,3-4,6-8,10,12,16,18H2,1H3. The average molecular weight is 545 g/mol. The van der Waals surface area contributed by atoms with E-state index in [1.807, 2.05) is 6.08 Å². The monoisotopic (exact) mass is 544 g/mol. The van der Waals surface area contributed by atoms with Crippen molar-refractivity contribution in [2.45, 2.75) is 63.6 Å². The molecule has 9 heteroatoms. The van der Waals surface area contributed by atoms with Gasteiger partial charge in [-0.15, -0.1) is 0 Å². The number of rotatable bonds is 9. The summed E-state index contributed by atoms with van der Waals surface area (Å²) in [6.07, 6.45) is 17.4. The van der Waals surface area contributed by atoms with Gasteiger partial charge in [0.25, 0.3) is 5.92 Å². The van der Waals surface area contributed by atoms with Crippen LogP contribution in [0.2, 0.25) is 0 Å². The summed E-state index contributed by atoms with van der Waals surface area (Å²) in [5, 5.41) is 19.0. The normalized spacial score (nSPS) is 22.3. The smallest absolute Gasteiger partial charge is 0.275 e. The lowest BCUT2D eigenvalue weighted by molar-refractivity contribution is -0.0508. The van der Waals surface area contributed by atoms with E-state index in [9.17, 15) is 23.2 Å². The zero-order chi connectivity index (χ0) is 26.9. The highest BCUT2D eigenvalue weighted by molar-refractivity contribution is 7.90. The minimum absolute atomic E-state index is 0.0811. The van der Waals surface area contributed by atoms with Gasteiger partial charge in [0.15, 0.2) is 17.9 Å². The SMILES string of the molecule is COc1c(N(CC2C=CC(C(F)(F)C3CCC3)=CC2)S(=O)C2=CC=C(C(O)O)CC2)ncc2c1CCC=C2. The zero-order valence-electron chi connectivity index (χ0n) is 21.5. The van der Waals surface area contributed by atoms with Crippen LogP contribution in [0.1, 0.15) is 56.1 Å². The molecule has 2 atom stereocenters. The van der Waals surface area contributed by atoms with Crippen LogP contribution in [0.25, 0.3) is 6.08 Å². The van der Waals surface area contributed by atoms with Crippen LogP contribution in [0.4, 0.5) is 14.6 Å². The van der Waals surface area contributed by atoms with Crippen LogP contribution in [0.15, 0.2) is 58.7 Å². The Morgan fingerprint density at radius 2 is 2.03 bits per heavy atom. The first-order chi connectivity index (χ1) is 18.3. The van der Waals surface area contributed by atoms with Crippen molar-refractivity contribution in [3.8, 4) is 5.75 Å². The van der Waals surface area contributed by atoms with Gasteiger partial charge in [0, 0.05) is 34.7 Å². The minimum atomic E-state index is -2.81. The van der Waals surface area contributed by atoms with Gasteiger partial charge in [-0.05, 0) is 68.1 Å². The van der Waals surface area contributed by atoms with Crippen molar-refractivity contribution in [1.29, 1.82) is 0 Å². The third kappa shape index (κ3) is 5.28. The third-order valence-corrected chi connectivity index (χ3v) is 9.45. The number of hydrogen-bond donors (Lipinski definition) is 2. The van der Waals surface area contributed by atoms with E-state index in [2.05, 4.69) is 11.1 Å². The van der Waals surface area contributed by atoms with Crippen LogP contribution in [0.3, 0.4) is 0 Å². The lowest BCUT2D eigenvalue weighted by Crippen LogP contribution is -2.36. The second-order valence-corrected chi connectivity index (χ2v) is 11.8. The van der Waals surface area contributed by atoms with Gasteiger partial charge in [-0.1, -0.05) is 42.9 Å². The van der Waals surface area contributed by atoms with Crippen molar-refractivity contribution in [2.75, 3.05) is 18.0 Å². The molecule has 0 amide bonds. The molecule has 0 aromatic carbocycles. The van der Waals surface area contributed by atoms with E-state index in [1.54, 1.807) is 41.9 Å². The molecule has 0 aliphatic heterocycles. The number of fused-ring (bicyclic) bond motifs is 1. The first-order valence-electron chi connectivity index (χ1n) is 13.2. The fraction of sp³-hybridized carbons (Fsp3) is 0.483. The van der Waals surface area contributed by atoms with E-state index in [0.29, 0.717) is 60.7 Å². The molecule has 1 heterocycles. The Morgan fingerprint density at radius 3 is 2.63 bits per heavy atom. The quantitative estimate of drug-likeness (QED) is 0.409. The van der Waals surface area contributed by atoms with Crippen molar-refractivity contribution in [3.05, 3.63) is 69.8 Å². The molecule has 0 saturated heterocycles. The molecule has 1 aromatic heterocycles. The Bertz CT molecular complexity index is 1250. The average Bonchev–Trinajstić information content (AvgIpc) is 2.90. The molecule has 0 bridgehead atoms. The van der Waals surface area contributed by atoms with Gasteiger partial charge in [-0.2, -0.15) is 0 Å². The molecule has 4 aliphatic carbocycles. The van der Waals surface area contributed by atoms with Crippen molar-refractivity contribution in [3.63, 3.8) is 0 Å². The Morgan fingerprint density at radius 1 is 1.21 bits per heavy atom. The number of halogens is 2. The van der Waals surface area contributed by atoms with Crippen LogP contribution in [0, 0.1) is 11.8 Å². The molecule has 1 fully saturated rings. The van der Waals surface area contributed by atoms with Crippen molar-refractivity contribution < 1.29 is 27.9 Å². The molecule has 38 heavy (non-hydrogen) atoms. The first-order valence-corrected chi connectivity index (χ1v) is 14.3. The summed E-state index contributed by atoms with van der Waals surface area (Å²) in [6, 6.07) is 0. The highest BCUT2D eigenvalue weighted by atomic mass is 32.2. The number of aromatic nitrogens is 1. The third-order valence-electron chi connectivity index (χ3n) is 7.94. The van der Waals surface area contributed by atoms with E-state index in [4.69, 9.17) is 4.74 Å². The summed E-state index contributed by atoms with van der Waals surface area (Å²) in [7, 11) is -0.0607. The number of aliphatic hydroxyl groups excluding tert-OH is 1. The molecule has 4 aliphatic rings. The molecule has 5 rings (SSSR count). The predicted octanol–water partition coefficient (Wildman–Crippen LogP) is 5.37. The number of aliphatic hydroxyl groups is 2. The molecule has 1 aromatic rings. The second-order valence-electron chi connectivity index (χ2n) is 10.3. The molecular weight excluding hydrogens is 510 g/mol. The number of hydrogen-bond acceptors (Lipinski definition) is 5. The lowest BCUT2D eigenvalue weighted by Gasteiger charge is -2.35. The van der Waals surface area contributed by atoms with Gasteiger partial charge in [0.1, 0.15) is 11.0 Å². The number of nitrogens with zero attached hydrogens (tertiary/aromatic N) is 2. The molecule has 204 valence electrons. The maximum absolute atomic E-state index is 14.9. The number of anilines is 1. The van der Waals surface area contributed by atoms with Crippen LogP contribution in [-0.2, 0) is 17.4 Å². The molecule has 0 radical (unpaired) electrons. The first kappa shape index (κ1) is 27.0. The lowest BCUT2D eigenvalue weighted by atomic mass is 9.76. The largest absolute Gasteiger partial charge is 0.493 e. The Labute approximate surface area is 224 Å². The van der Waals surface area contributed by atoms with Crippen molar-refractivity contribution in [1.82, 2.24) is 4.98 Å². The van der Waals surface area contributed by atoms with Crippen LogP contribution >= 0.6 is 0 Å². The van der Waals surface area contributed by atoms with Crippen LogP contribution in [0.5, 0.6) is 5.75 Å². The van der Waals surface area contributed by atoms with Gasteiger partial charge in [-0.3, -0.25) is 4.31 Å². The Hall–Kier alpha value is -2.62. The van der Waals surface area contributed by atoms with Gasteiger partial charge in [-0.25, -0.2) is 18.0 Å². The molecule has 0 spiro atoms. The predicted molar refractivity (Wildman–Crippen MR) is 145 cm³/mol. The molecule has 2 N–H and O–H groups in total. The van der Waals surface area contributed by atoms with E-state index in [1.165, 1.54) is 6.08 Å². The summed E-state index contributed by atoms with van der Waals surface area (Å²) >= 11 is 0. The summed E-state index contributed by atoms with van der Waals surface area (Å²) in [6.45, 7) is 0.302. The number of alkyl halides is 2. The molecular formula is C29H34F2N2O4S. The second kappa shape index (κ2) is 11.2. The number of allylic oxidation sites excluding steroid dienone is 7. The van der Waals surface area contributed by atoms with E-state index in [-0.39, 0.29) is 11.5 Å².